The second kappa shape index (κ2) is 7.03. The molecule has 0 fully saturated rings. The Balaban J connectivity index is 2.41. The number of halogens is 2. The molecule has 1 atom stereocenters. The number of rotatable bonds is 5. The van der Waals surface area contributed by atoms with Gasteiger partial charge in [-0.25, -0.2) is 0 Å². The molecule has 16 heavy (non-hydrogen) atoms. The summed E-state index contributed by atoms with van der Waals surface area (Å²) in [6.07, 6.45) is 3.08. The van der Waals surface area contributed by atoms with Crippen LogP contribution in [0.4, 0.5) is 0 Å². The highest BCUT2D eigenvalue weighted by molar-refractivity contribution is 9.13. The minimum Gasteiger partial charge on any atom is -0.351 e. The third-order valence-corrected chi connectivity index (χ3v) is 6.40. The monoisotopic (exact) mass is 385 g/mol. The zero-order valence-electron chi connectivity index (χ0n) is 9.05. The first kappa shape index (κ1) is 14.5. The summed E-state index contributed by atoms with van der Waals surface area (Å²) in [6, 6.07) is 1.84. The summed E-state index contributed by atoms with van der Waals surface area (Å²) in [5, 5.41) is 3.51. The fraction of sp³-hybridized carbons (Fsp3) is 0.500. The topological polar surface area (TPSA) is 29.1 Å². The third-order valence-electron chi connectivity index (χ3n) is 2.11. The Morgan fingerprint density at radius 1 is 1.62 bits per heavy atom. The molecule has 0 aliphatic rings. The maximum atomic E-state index is 11.7. The molecule has 1 heterocycles. The summed E-state index contributed by atoms with van der Waals surface area (Å²) < 4.78 is 1.88. The van der Waals surface area contributed by atoms with Gasteiger partial charge in [0.15, 0.2) is 0 Å². The highest BCUT2D eigenvalue weighted by atomic mass is 79.9. The molecule has 0 saturated carbocycles. The van der Waals surface area contributed by atoms with E-state index < -0.39 is 0 Å². The number of nitrogens with one attached hydrogen (secondary N) is 1. The van der Waals surface area contributed by atoms with Crippen LogP contribution in [0.1, 0.15) is 23.0 Å². The SMILES string of the molecule is CSC(C)CCNC(=O)c1cc(Br)c(Br)s1. The molecule has 1 aromatic heterocycles. The van der Waals surface area contributed by atoms with Crippen molar-refractivity contribution in [3.63, 3.8) is 0 Å². The highest BCUT2D eigenvalue weighted by Crippen LogP contribution is 2.32. The Morgan fingerprint density at radius 2 is 2.31 bits per heavy atom. The normalized spacial score (nSPS) is 12.5. The van der Waals surface area contributed by atoms with Crippen LogP contribution in [0.2, 0.25) is 0 Å². The van der Waals surface area contributed by atoms with Crippen LogP contribution in [0.25, 0.3) is 0 Å². The second-order valence-corrected chi connectivity index (χ2v) is 7.82. The second-order valence-electron chi connectivity index (χ2n) is 3.32. The Bertz CT molecular complexity index is 348. The van der Waals surface area contributed by atoms with Gasteiger partial charge in [-0.05, 0) is 50.6 Å². The molecule has 0 aliphatic carbocycles. The summed E-state index contributed by atoms with van der Waals surface area (Å²) in [6.45, 7) is 2.89. The predicted octanol–water partition coefficient (Wildman–Crippen LogP) is 4.14. The van der Waals surface area contributed by atoms with E-state index in [0.29, 0.717) is 5.25 Å². The smallest absolute Gasteiger partial charge is 0.261 e. The van der Waals surface area contributed by atoms with Crippen LogP contribution in [0, 0.1) is 0 Å². The van der Waals surface area contributed by atoms with E-state index in [-0.39, 0.29) is 5.91 Å². The van der Waals surface area contributed by atoms with Gasteiger partial charge in [-0.2, -0.15) is 11.8 Å². The van der Waals surface area contributed by atoms with Crippen LogP contribution in [0.5, 0.6) is 0 Å². The van der Waals surface area contributed by atoms with E-state index >= 15 is 0 Å². The first-order valence-electron chi connectivity index (χ1n) is 4.80. The van der Waals surface area contributed by atoms with Crippen molar-refractivity contribution in [1.29, 1.82) is 0 Å². The van der Waals surface area contributed by atoms with E-state index in [1.54, 1.807) is 0 Å². The van der Waals surface area contributed by atoms with Gasteiger partial charge in [0.05, 0.1) is 8.66 Å². The first-order valence-corrected chi connectivity index (χ1v) is 8.49. The molecular formula is C10H13Br2NOS2. The third kappa shape index (κ3) is 4.39. The van der Waals surface area contributed by atoms with E-state index in [4.69, 9.17) is 0 Å². The van der Waals surface area contributed by atoms with E-state index in [1.807, 2.05) is 17.8 Å². The number of hydrogen-bond acceptors (Lipinski definition) is 3. The van der Waals surface area contributed by atoms with Crippen molar-refractivity contribution in [2.45, 2.75) is 18.6 Å². The molecular weight excluding hydrogens is 374 g/mol. The van der Waals surface area contributed by atoms with Crippen molar-refractivity contribution in [2.75, 3.05) is 12.8 Å². The van der Waals surface area contributed by atoms with Crippen molar-refractivity contribution < 1.29 is 4.79 Å². The first-order chi connectivity index (χ1) is 7.54. The summed E-state index contributed by atoms with van der Waals surface area (Å²) in [7, 11) is 0. The van der Waals surface area contributed by atoms with Crippen LogP contribution < -0.4 is 5.32 Å². The largest absolute Gasteiger partial charge is 0.351 e. The van der Waals surface area contributed by atoms with E-state index in [0.717, 1.165) is 26.1 Å². The summed E-state index contributed by atoms with van der Waals surface area (Å²) in [4.78, 5) is 12.5. The lowest BCUT2D eigenvalue weighted by Gasteiger charge is -2.08. The fourth-order valence-electron chi connectivity index (χ4n) is 1.05. The van der Waals surface area contributed by atoms with Gasteiger partial charge >= 0.3 is 0 Å². The summed E-state index contributed by atoms with van der Waals surface area (Å²) >= 11 is 10.00. The molecule has 1 N–H and O–H groups in total. The van der Waals surface area contributed by atoms with E-state index in [2.05, 4.69) is 50.4 Å². The fourth-order valence-corrected chi connectivity index (χ4v) is 3.36. The maximum Gasteiger partial charge on any atom is 0.261 e. The Hall–Kier alpha value is 0.480. The standard InChI is InChI=1S/C10H13Br2NOS2/c1-6(15-2)3-4-13-10(14)8-5-7(11)9(12)16-8/h5-6H,3-4H2,1-2H3,(H,13,14). The lowest BCUT2D eigenvalue weighted by atomic mass is 10.3. The highest BCUT2D eigenvalue weighted by Gasteiger charge is 2.11. The lowest BCUT2D eigenvalue weighted by Crippen LogP contribution is -2.25. The average molecular weight is 387 g/mol. The van der Waals surface area contributed by atoms with Crippen LogP contribution in [0.15, 0.2) is 14.3 Å². The van der Waals surface area contributed by atoms with Crippen molar-refractivity contribution in [1.82, 2.24) is 5.32 Å². The quantitative estimate of drug-likeness (QED) is 0.823. The van der Waals surface area contributed by atoms with Crippen molar-refractivity contribution in [3.05, 3.63) is 19.2 Å². The van der Waals surface area contributed by atoms with Crippen molar-refractivity contribution in [2.24, 2.45) is 0 Å². The van der Waals surface area contributed by atoms with Gasteiger partial charge < -0.3 is 5.32 Å². The number of thioether (sulfide) groups is 1. The molecule has 0 spiro atoms. The molecule has 2 nitrogen and oxygen atoms in total. The van der Waals surface area contributed by atoms with Gasteiger partial charge in [-0.3, -0.25) is 4.79 Å². The number of carbonyl (C=O) groups is 1. The Labute approximate surface area is 121 Å². The van der Waals surface area contributed by atoms with Crippen molar-refractivity contribution >= 4 is 60.9 Å². The molecule has 1 aromatic rings. The molecule has 0 radical (unpaired) electrons. The minimum absolute atomic E-state index is 0.00435. The molecule has 0 aromatic carbocycles. The molecule has 1 amide bonds. The van der Waals surface area contributed by atoms with Crippen molar-refractivity contribution in [3.8, 4) is 0 Å². The van der Waals surface area contributed by atoms with Crippen LogP contribution in [0.3, 0.4) is 0 Å². The molecule has 1 unspecified atom stereocenters. The zero-order valence-corrected chi connectivity index (χ0v) is 13.9. The molecule has 0 saturated heterocycles. The summed E-state index contributed by atoms with van der Waals surface area (Å²) in [5.41, 5.74) is 0. The number of hydrogen-bond donors (Lipinski definition) is 1. The Morgan fingerprint density at radius 3 is 2.81 bits per heavy atom. The molecule has 6 heteroatoms. The number of amides is 1. The molecule has 1 rings (SSSR count). The van der Waals surface area contributed by atoms with Gasteiger partial charge in [0.1, 0.15) is 0 Å². The van der Waals surface area contributed by atoms with E-state index in [1.165, 1.54) is 11.3 Å². The molecule has 0 aliphatic heterocycles. The van der Waals surface area contributed by atoms with Crippen LogP contribution >= 0.6 is 55.0 Å². The average Bonchev–Trinajstić information content (AvgIpc) is 2.59. The lowest BCUT2D eigenvalue weighted by molar-refractivity contribution is 0.0957. The molecule has 0 bridgehead atoms. The maximum absolute atomic E-state index is 11.7. The summed E-state index contributed by atoms with van der Waals surface area (Å²) in [5.74, 6) is 0.00435. The van der Waals surface area contributed by atoms with Gasteiger partial charge in [0, 0.05) is 16.3 Å². The number of thiophene rings is 1. The number of carbonyl (C=O) groups excluding carboxylic acids is 1. The van der Waals surface area contributed by atoms with Crippen LogP contribution in [-0.2, 0) is 0 Å². The van der Waals surface area contributed by atoms with Gasteiger partial charge in [0.2, 0.25) is 0 Å². The van der Waals surface area contributed by atoms with Gasteiger partial charge in [-0.1, -0.05) is 6.92 Å². The zero-order chi connectivity index (χ0) is 12.1. The van der Waals surface area contributed by atoms with Crippen LogP contribution in [-0.4, -0.2) is 24.0 Å². The van der Waals surface area contributed by atoms with Gasteiger partial charge in [0.25, 0.3) is 5.91 Å². The molecule has 90 valence electrons. The van der Waals surface area contributed by atoms with E-state index in [9.17, 15) is 4.79 Å². The Kier molecular flexibility index (Phi) is 6.39. The van der Waals surface area contributed by atoms with Gasteiger partial charge in [-0.15, -0.1) is 11.3 Å². The minimum atomic E-state index is 0.00435. The predicted molar refractivity (Wildman–Crippen MR) is 79.6 cm³/mol.